The summed E-state index contributed by atoms with van der Waals surface area (Å²) in [5.74, 6) is 0.470. The lowest BCUT2D eigenvalue weighted by Gasteiger charge is -2.20. The first kappa shape index (κ1) is 18.2. The Bertz CT molecular complexity index is 665. The van der Waals surface area contributed by atoms with Gasteiger partial charge >= 0.3 is 0 Å². The molecule has 0 fully saturated rings. The Kier molecular flexibility index (Phi) is 6.56. The van der Waals surface area contributed by atoms with E-state index in [1.54, 1.807) is 0 Å². The van der Waals surface area contributed by atoms with Gasteiger partial charge in [-0.1, -0.05) is 62.4 Å². The Balaban J connectivity index is 2.04. The highest BCUT2D eigenvalue weighted by molar-refractivity contribution is 5.93. The molecule has 3 nitrogen and oxygen atoms in total. The van der Waals surface area contributed by atoms with Crippen LogP contribution in [0.1, 0.15) is 43.4 Å². The molecular weight excluding hydrogens is 296 g/mol. The minimum absolute atomic E-state index is 0.0824. The van der Waals surface area contributed by atoms with Crippen LogP contribution in [-0.2, 0) is 11.3 Å². The van der Waals surface area contributed by atoms with Crippen molar-refractivity contribution < 1.29 is 9.69 Å². The number of anilines is 1. The van der Waals surface area contributed by atoms with Crippen molar-refractivity contribution in [2.75, 3.05) is 18.4 Å². The predicted octanol–water partition coefficient (Wildman–Crippen LogP) is 3.16. The fourth-order valence-corrected chi connectivity index (χ4v) is 2.95. The first-order valence-corrected chi connectivity index (χ1v) is 8.78. The van der Waals surface area contributed by atoms with Gasteiger partial charge in [0.15, 0.2) is 6.54 Å². The molecule has 2 rings (SSSR count). The van der Waals surface area contributed by atoms with Gasteiger partial charge in [0.05, 0.1) is 6.54 Å². The Labute approximate surface area is 145 Å². The zero-order chi connectivity index (χ0) is 17.5. The van der Waals surface area contributed by atoms with E-state index in [1.807, 2.05) is 18.2 Å². The normalized spacial score (nSPS) is 12.2. The van der Waals surface area contributed by atoms with Gasteiger partial charge < -0.3 is 10.2 Å². The molecule has 0 aliphatic heterocycles. The lowest BCUT2D eigenvalue weighted by Crippen LogP contribution is -3.11. The number of hydrogen-bond acceptors (Lipinski definition) is 1. The Morgan fingerprint density at radius 2 is 1.79 bits per heavy atom. The molecule has 0 spiro atoms. The van der Waals surface area contributed by atoms with E-state index < -0.39 is 0 Å². The average Bonchev–Trinajstić information content (AvgIpc) is 2.56. The van der Waals surface area contributed by atoms with Crippen molar-refractivity contribution in [3.63, 3.8) is 0 Å². The number of likely N-dealkylation sites (N-methyl/N-ethyl adjacent to an activating group) is 1. The van der Waals surface area contributed by atoms with Crippen LogP contribution in [0.3, 0.4) is 0 Å². The zero-order valence-electron chi connectivity index (χ0n) is 15.2. The van der Waals surface area contributed by atoms with E-state index in [0.717, 1.165) is 24.3 Å². The van der Waals surface area contributed by atoms with E-state index in [2.05, 4.69) is 63.3 Å². The Hall–Kier alpha value is -2.13. The van der Waals surface area contributed by atoms with Crippen LogP contribution in [0.25, 0.3) is 0 Å². The van der Waals surface area contributed by atoms with Gasteiger partial charge in [0.25, 0.3) is 5.91 Å². The molecule has 1 unspecified atom stereocenters. The van der Waals surface area contributed by atoms with Gasteiger partial charge in [-0.2, -0.15) is 0 Å². The van der Waals surface area contributed by atoms with Crippen LogP contribution in [0.15, 0.2) is 48.5 Å². The highest BCUT2D eigenvalue weighted by Crippen LogP contribution is 2.27. The summed E-state index contributed by atoms with van der Waals surface area (Å²) in [6, 6.07) is 16.6. The quantitative estimate of drug-likeness (QED) is 0.805. The third-order valence-electron chi connectivity index (χ3n) is 4.40. The standard InChI is InChI=1S/C21H28N2O/c1-5-23(14-18-11-7-6-8-12-18)15-20(24)22-21-17(4)10-9-13-19(21)16(2)3/h6-13,16H,5,14-15H2,1-4H3,(H,22,24)/p+1. The van der Waals surface area contributed by atoms with Gasteiger partial charge in [0, 0.05) is 11.3 Å². The number of rotatable bonds is 7. The second kappa shape index (κ2) is 8.65. The SMILES string of the molecule is CC[NH+](CC(=O)Nc1c(C)cccc1C(C)C)Cc1ccccc1. The van der Waals surface area contributed by atoms with E-state index in [9.17, 15) is 4.79 Å². The number of carbonyl (C=O) groups excluding carboxylic acids is 1. The molecule has 0 heterocycles. The number of carbonyl (C=O) groups is 1. The van der Waals surface area contributed by atoms with Crippen molar-refractivity contribution in [2.24, 2.45) is 0 Å². The largest absolute Gasteiger partial charge is 0.324 e. The number of hydrogen-bond donors (Lipinski definition) is 2. The molecule has 0 saturated heterocycles. The first-order valence-electron chi connectivity index (χ1n) is 8.78. The third kappa shape index (κ3) is 4.93. The second-order valence-electron chi connectivity index (χ2n) is 6.68. The van der Waals surface area contributed by atoms with Crippen LogP contribution in [0, 0.1) is 6.92 Å². The maximum absolute atomic E-state index is 12.6. The molecule has 1 amide bonds. The van der Waals surface area contributed by atoms with E-state index in [1.165, 1.54) is 16.0 Å². The van der Waals surface area contributed by atoms with Gasteiger partial charge in [0.1, 0.15) is 6.54 Å². The van der Waals surface area contributed by atoms with Crippen LogP contribution in [-0.4, -0.2) is 19.0 Å². The molecule has 0 bridgehead atoms. The molecule has 2 N–H and O–H groups in total. The number of aryl methyl sites for hydroxylation is 1. The van der Waals surface area contributed by atoms with Crippen molar-refractivity contribution in [2.45, 2.75) is 40.2 Å². The molecule has 0 saturated carbocycles. The molecule has 0 aliphatic carbocycles. The molecule has 1 atom stereocenters. The highest BCUT2D eigenvalue weighted by Gasteiger charge is 2.16. The van der Waals surface area contributed by atoms with Crippen molar-refractivity contribution in [1.29, 1.82) is 0 Å². The van der Waals surface area contributed by atoms with Crippen LogP contribution in [0.2, 0.25) is 0 Å². The number of nitrogens with one attached hydrogen (secondary N) is 2. The Morgan fingerprint density at radius 3 is 2.42 bits per heavy atom. The molecule has 2 aromatic carbocycles. The predicted molar refractivity (Wildman–Crippen MR) is 100 cm³/mol. The summed E-state index contributed by atoms with van der Waals surface area (Å²) < 4.78 is 0. The summed E-state index contributed by atoms with van der Waals surface area (Å²) in [6.45, 7) is 10.8. The average molecular weight is 325 g/mol. The second-order valence-corrected chi connectivity index (χ2v) is 6.68. The lowest BCUT2D eigenvalue weighted by atomic mass is 9.98. The summed E-state index contributed by atoms with van der Waals surface area (Å²) in [7, 11) is 0. The maximum Gasteiger partial charge on any atom is 0.279 e. The third-order valence-corrected chi connectivity index (χ3v) is 4.40. The van der Waals surface area contributed by atoms with E-state index >= 15 is 0 Å². The zero-order valence-corrected chi connectivity index (χ0v) is 15.2. The number of para-hydroxylation sites is 1. The Morgan fingerprint density at radius 1 is 1.08 bits per heavy atom. The molecular formula is C21H29N2O+. The van der Waals surface area contributed by atoms with E-state index in [-0.39, 0.29) is 5.91 Å². The van der Waals surface area contributed by atoms with Gasteiger partial charge in [0.2, 0.25) is 0 Å². The monoisotopic (exact) mass is 325 g/mol. The van der Waals surface area contributed by atoms with Gasteiger partial charge in [-0.3, -0.25) is 4.79 Å². The minimum Gasteiger partial charge on any atom is -0.324 e. The summed E-state index contributed by atoms with van der Waals surface area (Å²) in [5, 5.41) is 3.15. The lowest BCUT2D eigenvalue weighted by molar-refractivity contribution is -0.903. The van der Waals surface area contributed by atoms with E-state index in [0.29, 0.717) is 12.5 Å². The van der Waals surface area contributed by atoms with Crippen LogP contribution < -0.4 is 10.2 Å². The minimum atomic E-state index is 0.0824. The summed E-state index contributed by atoms with van der Waals surface area (Å²) in [4.78, 5) is 13.8. The fraction of sp³-hybridized carbons (Fsp3) is 0.381. The summed E-state index contributed by atoms with van der Waals surface area (Å²) >= 11 is 0. The molecule has 3 heteroatoms. The van der Waals surface area contributed by atoms with Crippen LogP contribution in [0.5, 0.6) is 0 Å². The number of benzene rings is 2. The highest BCUT2D eigenvalue weighted by atomic mass is 16.2. The molecule has 128 valence electrons. The summed E-state index contributed by atoms with van der Waals surface area (Å²) in [5.41, 5.74) is 4.56. The topological polar surface area (TPSA) is 33.5 Å². The van der Waals surface area contributed by atoms with Gasteiger partial charge in [-0.25, -0.2) is 0 Å². The van der Waals surface area contributed by atoms with Crippen molar-refractivity contribution in [1.82, 2.24) is 0 Å². The van der Waals surface area contributed by atoms with Crippen molar-refractivity contribution >= 4 is 11.6 Å². The van der Waals surface area contributed by atoms with Crippen LogP contribution >= 0.6 is 0 Å². The summed E-state index contributed by atoms with van der Waals surface area (Å²) in [6.07, 6.45) is 0. The smallest absolute Gasteiger partial charge is 0.279 e. The number of quaternary nitrogens is 1. The molecule has 0 aliphatic rings. The van der Waals surface area contributed by atoms with Gasteiger partial charge in [-0.15, -0.1) is 0 Å². The van der Waals surface area contributed by atoms with Crippen LogP contribution in [0.4, 0.5) is 5.69 Å². The van der Waals surface area contributed by atoms with E-state index in [4.69, 9.17) is 0 Å². The maximum atomic E-state index is 12.6. The fourth-order valence-electron chi connectivity index (χ4n) is 2.95. The number of amides is 1. The first-order chi connectivity index (χ1) is 11.5. The van der Waals surface area contributed by atoms with Gasteiger partial charge in [-0.05, 0) is 30.9 Å². The molecule has 24 heavy (non-hydrogen) atoms. The molecule has 2 aromatic rings. The van der Waals surface area contributed by atoms with Crippen molar-refractivity contribution in [3.05, 3.63) is 65.2 Å². The van der Waals surface area contributed by atoms with Crippen molar-refractivity contribution in [3.8, 4) is 0 Å². The molecule has 0 radical (unpaired) electrons. The molecule has 0 aromatic heterocycles.